The molecule has 1 aromatic rings. The fourth-order valence-corrected chi connectivity index (χ4v) is 2.73. The average Bonchev–Trinajstić information content (AvgIpc) is 2.28. The van der Waals surface area contributed by atoms with Crippen LogP contribution in [0.1, 0.15) is 30.4 Å². The average molecular weight is 240 g/mol. The Balaban J connectivity index is 2.50. The Bertz CT molecular complexity index is 361. The Labute approximate surface area is 100 Å². The van der Waals surface area contributed by atoms with Gasteiger partial charge in [0.2, 0.25) is 0 Å². The molecule has 0 saturated carbocycles. The second-order valence-electron chi connectivity index (χ2n) is 4.08. The van der Waals surface area contributed by atoms with Crippen LogP contribution in [-0.2, 0) is 10.8 Å². The minimum absolute atomic E-state index is 0.232. The number of hydrogen-bond donors (Lipinski definition) is 1. The molecule has 1 unspecified atom stereocenters. The van der Waals surface area contributed by atoms with Crippen LogP contribution in [0, 0.1) is 13.8 Å². The van der Waals surface area contributed by atoms with E-state index in [1.54, 1.807) is 0 Å². The minimum atomic E-state index is -0.887. The van der Waals surface area contributed by atoms with E-state index in [9.17, 15) is 4.21 Å². The minimum Gasteiger partial charge on any atom is -0.396 e. The summed E-state index contributed by atoms with van der Waals surface area (Å²) < 4.78 is 11.9. The summed E-state index contributed by atoms with van der Waals surface area (Å²) in [5.74, 6) is 0.697. The summed E-state index contributed by atoms with van der Waals surface area (Å²) in [7, 11) is -0.887. The number of hydrogen-bond acceptors (Lipinski definition) is 2. The third-order valence-electron chi connectivity index (χ3n) is 2.73. The van der Waals surface area contributed by atoms with E-state index in [2.05, 4.69) is 6.92 Å². The lowest BCUT2D eigenvalue weighted by molar-refractivity contribution is 0.284. The zero-order valence-electron chi connectivity index (χ0n) is 10.0. The Kier molecular flexibility index (Phi) is 5.71. The van der Waals surface area contributed by atoms with E-state index in [4.69, 9.17) is 5.11 Å². The van der Waals surface area contributed by atoms with Crippen molar-refractivity contribution in [3.8, 4) is 0 Å². The van der Waals surface area contributed by atoms with Gasteiger partial charge in [0.05, 0.1) is 10.8 Å². The fraction of sp³-hybridized carbons (Fsp3) is 0.538. The molecule has 1 aromatic carbocycles. The number of aliphatic hydroxyl groups excluding tert-OH is 1. The number of rotatable bonds is 6. The van der Waals surface area contributed by atoms with Gasteiger partial charge in [0.15, 0.2) is 0 Å². The third kappa shape index (κ3) is 4.06. The monoisotopic (exact) mass is 240 g/mol. The van der Waals surface area contributed by atoms with Gasteiger partial charge in [-0.05, 0) is 49.9 Å². The van der Waals surface area contributed by atoms with Crippen molar-refractivity contribution >= 4 is 10.8 Å². The van der Waals surface area contributed by atoms with Crippen LogP contribution in [-0.4, -0.2) is 21.7 Å². The summed E-state index contributed by atoms with van der Waals surface area (Å²) in [4.78, 5) is 0.923. The van der Waals surface area contributed by atoms with Crippen LogP contribution >= 0.6 is 0 Å². The molecule has 16 heavy (non-hydrogen) atoms. The van der Waals surface area contributed by atoms with Gasteiger partial charge in [-0.1, -0.05) is 12.5 Å². The molecular weight excluding hydrogens is 220 g/mol. The van der Waals surface area contributed by atoms with Gasteiger partial charge < -0.3 is 5.11 Å². The van der Waals surface area contributed by atoms with Crippen molar-refractivity contribution in [1.82, 2.24) is 0 Å². The Hall–Kier alpha value is -0.670. The molecule has 1 N–H and O–H groups in total. The van der Waals surface area contributed by atoms with Crippen molar-refractivity contribution in [2.75, 3.05) is 12.4 Å². The molecule has 0 bridgehead atoms. The lowest BCUT2D eigenvalue weighted by Crippen LogP contribution is -1.99. The lowest BCUT2D eigenvalue weighted by atomic mass is 10.1. The second-order valence-corrected chi connectivity index (χ2v) is 5.65. The summed E-state index contributed by atoms with van der Waals surface area (Å²) in [5, 5.41) is 8.64. The summed E-state index contributed by atoms with van der Waals surface area (Å²) >= 11 is 0. The lowest BCUT2D eigenvalue weighted by Gasteiger charge is -2.05. The highest BCUT2D eigenvalue weighted by Gasteiger charge is 2.04. The second kappa shape index (κ2) is 6.81. The van der Waals surface area contributed by atoms with E-state index in [0.29, 0.717) is 5.75 Å². The number of aliphatic hydroxyl groups is 1. The highest BCUT2D eigenvalue weighted by Crippen LogP contribution is 2.14. The zero-order valence-corrected chi connectivity index (χ0v) is 10.8. The molecule has 0 radical (unpaired) electrons. The van der Waals surface area contributed by atoms with Gasteiger partial charge in [-0.3, -0.25) is 4.21 Å². The summed E-state index contributed by atoms with van der Waals surface area (Å²) in [6.45, 7) is 4.33. The number of unbranched alkanes of at least 4 members (excludes halogenated alkanes) is 2. The van der Waals surface area contributed by atoms with E-state index in [1.807, 2.05) is 25.1 Å². The van der Waals surface area contributed by atoms with E-state index < -0.39 is 10.8 Å². The summed E-state index contributed by atoms with van der Waals surface area (Å²) in [6.07, 6.45) is 2.68. The van der Waals surface area contributed by atoms with Crippen molar-refractivity contribution in [3.63, 3.8) is 0 Å². The van der Waals surface area contributed by atoms with Gasteiger partial charge in [-0.15, -0.1) is 0 Å². The van der Waals surface area contributed by atoms with Crippen molar-refractivity contribution in [2.45, 2.75) is 38.0 Å². The molecule has 2 nitrogen and oxygen atoms in total. The van der Waals surface area contributed by atoms with Crippen molar-refractivity contribution in [1.29, 1.82) is 0 Å². The van der Waals surface area contributed by atoms with Crippen LogP contribution < -0.4 is 0 Å². The highest BCUT2D eigenvalue weighted by molar-refractivity contribution is 7.85. The number of aryl methyl sites for hydroxylation is 2. The quantitative estimate of drug-likeness (QED) is 0.776. The molecule has 0 spiro atoms. The molecule has 0 aliphatic carbocycles. The third-order valence-corrected chi connectivity index (χ3v) is 4.17. The van der Waals surface area contributed by atoms with Crippen LogP contribution in [0.4, 0.5) is 0 Å². The smallest absolute Gasteiger partial charge is 0.0529 e. The first kappa shape index (κ1) is 13.4. The summed E-state index contributed by atoms with van der Waals surface area (Å²) in [6, 6.07) is 5.98. The van der Waals surface area contributed by atoms with Crippen LogP contribution in [0.15, 0.2) is 23.1 Å². The standard InChI is InChI=1S/C13H20O2S/c1-11-6-7-13(10-12(11)2)16(15)9-5-3-4-8-14/h6-7,10,14H,3-5,8-9H2,1-2H3. The molecule has 0 aliphatic heterocycles. The van der Waals surface area contributed by atoms with E-state index in [-0.39, 0.29) is 6.61 Å². The molecule has 0 aliphatic rings. The van der Waals surface area contributed by atoms with Gasteiger partial charge >= 0.3 is 0 Å². The van der Waals surface area contributed by atoms with Crippen molar-refractivity contribution in [2.24, 2.45) is 0 Å². The van der Waals surface area contributed by atoms with Crippen LogP contribution in [0.2, 0.25) is 0 Å². The maximum Gasteiger partial charge on any atom is 0.0529 e. The molecule has 1 rings (SSSR count). The SMILES string of the molecule is Cc1ccc(S(=O)CCCCCO)cc1C. The summed E-state index contributed by atoms with van der Waals surface area (Å²) in [5.41, 5.74) is 2.43. The van der Waals surface area contributed by atoms with Gasteiger partial charge in [0.1, 0.15) is 0 Å². The van der Waals surface area contributed by atoms with Crippen molar-refractivity contribution in [3.05, 3.63) is 29.3 Å². The van der Waals surface area contributed by atoms with Crippen LogP contribution in [0.3, 0.4) is 0 Å². The first-order valence-corrected chi connectivity index (χ1v) is 7.03. The van der Waals surface area contributed by atoms with E-state index in [1.165, 1.54) is 11.1 Å². The molecule has 0 heterocycles. The van der Waals surface area contributed by atoms with Crippen LogP contribution in [0.5, 0.6) is 0 Å². The molecule has 0 fully saturated rings. The zero-order chi connectivity index (χ0) is 12.0. The Morgan fingerprint density at radius 1 is 1.12 bits per heavy atom. The largest absolute Gasteiger partial charge is 0.396 e. The highest BCUT2D eigenvalue weighted by atomic mass is 32.2. The molecule has 3 heteroatoms. The Morgan fingerprint density at radius 3 is 2.50 bits per heavy atom. The Morgan fingerprint density at radius 2 is 1.88 bits per heavy atom. The molecule has 1 atom stereocenters. The van der Waals surface area contributed by atoms with Crippen LogP contribution in [0.25, 0.3) is 0 Å². The first-order chi connectivity index (χ1) is 7.65. The molecule has 0 aromatic heterocycles. The maximum absolute atomic E-state index is 11.9. The molecular formula is C13H20O2S. The predicted molar refractivity (Wildman–Crippen MR) is 68.1 cm³/mol. The molecule has 90 valence electrons. The maximum atomic E-state index is 11.9. The van der Waals surface area contributed by atoms with Gasteiger partial charge in [0.25, 0.3) is 0 Å². The van der Waals surface area contributed by atoms with Crippen molar-refractivity contribution < 1.29 is 9.32 Å². The number of benzene rings is 1. The van der Waals surface area contributed by atoms with Gasteiger partial charge in [0, 0.05) is 17.3 Å². The van der Waals surface area contributed by atoms with E-state index in [0.717, 1.165) is 24.2 Å². The molecule has 0 saturated heterocycles. The van der Waals surface area contributed by atoms with Gasteiger partial charge in [-0.2, -0.15) is 0 Å². The predicted octanol–water partition coefficient (Wildman–Crippen LogP) is 2.57. The van der Waals surface area contributed by atoms with E-state index >= 15 is 0 Å². The topological polar surface area (TPSA) is 37.3 Å². The first-order valence-electron chi connectivity index (χ1n) is 5.71. The molecule has 0 amide bonds. The normalized spacial score (nSPS) is 12.7. The van der Waals surface area contributed by atoms with Gasteiger partial charge in [-0.25, -0.2) is 0 Å². The fourth-order valence-electron chi connectivity index (χ4n) is 1.50.